The first-order valence-electron chi connectivity index (χ1n) is 4.72. The minimum atomic E-state index is -1.87. The van der Waals surface area contributed by atoms with Crippen molar-refractivity contribution in [2.24, 2.45) is 0 Å². The summed E-state index contributed by atoms with van der Waals surface area (Å²) in [5.74, 6) is 0.530. The SMILES string of the molecule is CC(C)c1ccccc1[Si](Br)(Br)[Si](Br)(Br)Br. The minimum Gasteiger partial charge on any atom is -0.105 e. The van der Waals surface area contributed by atoms with Crippen molar-refractivity contribution in [1.29, 1.82) is 0 Å². The van der Waals surface area contributed by atoms with Gasteiger partial charge < -0.3 is 0 Å². The third kappa shape index (κ3) is 3.54. The Morgan fingerprint density at radius 2 is 1.44 bits per heavy atom. The molecule has 0 aliphatic heterocycles. The van der Waals surface area contributed by atoms with E-state index in [-0.39, 0.29) is 0 Å². The number of rotatable bonds is 3. The van der Waals surface area contributed by atoms with E-state index in [4.69, 9.17) is 0 Å². The highest BCUT2D eigenvalue weighted by molar-refractivity contribution is 9.81. The van der Waals surface area contributed by atoms with Gasteiger partial charge in [0.25, 0.3) is 8.28 Å². The highest BCUT2D eigenvalue weighted by Crippen LogP contribution is 2.44. The Kier molecular flexibility index (Phi) is 6.05. The molecule has 0 fully saturated rings. The second-order valence-electron chi connectivity index (χ2n) is 3.81. The lowest BCUT2D eigenvalue weighted by Gasteiger charge is -2.28. The monoisotopic (exact) mass is 570 g/mol. The summed E-state index contributed by atoms with van der Waals surface area (Å²) in [7, 11) is 0. The number of hydrogen-bond donors (Lipinski definition) is 0. The van der Waals surface area contributed by atoms with Crippen LogP contribution in [0.5, 0.6) is 0 Å². The zero-order chi connectivity index (χ0) is 12.6. The Bertz CT molecular complexity index is 372. The highest BCUT2D eigenvalue weighted by Gasteiger charge is 2.51. The average molecular weight is 575 g/mol. The molecule has 0 nitrogen and oxygen atoms in total. The van der Waals surface area contributed by atoms with Gasteiger partial charge in [0.05, 0.1) is 0 Å². The molecule has 0 amide bonds. The van der Waals surface area contributed by atoms with E-state index in [0.29, 0.717) is 5.92 Å². The van der Waals surface area contributed by atoms with Crippen LogP contribution in [0, 0.1) is 0 Å². The first kappa shape index (κ1) is 16.1. The molecule has 0 N–H and O–H groups in total. The zero-order valence-corrected chi connectivity index (χ0v) is 18.7. The normalized spacial score (nSPS) is 13.2. The van der Waals surface area contributed by atoms with Crippen molar-refractivity contribution in [2.75, 3.05) is 0 Å². The summed E-state index contributed by atoms with van der Waals surface area (Å²) in [6, 6.07) is 8.61. The maximum atomic E-state index is 3.91. The van der Waals surface area contributed by atoms with Crippen molar-refractivity contribution >= 4 is 89.9 Å². The van der Waals surface area contributed by atoms with Gasteiger partial charge in [-0.05, 0) is 16.7 Å². The summed E-state index contributed by atoms with van der Waals surface area (Å²) in [6.07, 6.45) is 0. The van der Waals surface area contributed by atoms with Gasteiger partial charge in [-0.2, -0.15) is 0 Å². The molecule has 0 radical (unpaired) electrons. The predicted molar refractivity (Wildman–Crippen MR) is 96.3 cm³/mol. The van der Waals surface area contributed by atoms with E-state index in [9.17, 15) is 0 Å². The quantitative estimate of drug-likeness (QED) is 0.333. The molecule has 0 saturated heterocycles. The Hall–Kier alpha value is 2.05. The second kappa shape index (κ2) is 6.01. The fourth-order valence-electron chi connectivity index (χ4n) is 1.44. The summed E-state index contributed by atoms with van der Waals surface area (Å²) in [6.45, 7) is 4.45. The largest absolute Gasteiger partial charge is 0.283 e. The van der Waals surface area contributed by atoms with Crippen molar-refractivity contribution in [3.8, 4) is 0 Å². The molecule has 90 valence electrons. The van der Waals surface area contributed by atoms with Crippen LogP contribution in [0.25, 0.3) is 0 Å². The second-order valence-corrected chi connectivity index (χ2v) is 52.6. The van der Waals surface area contributed by atoms with E-state index in [0.717, 1.165) is 0 Å². The van der Waals surface area contributed by atoms with Crippen LogP contribution in [0.1, 0.15) is 25.3 Å². The van der Waals surface area contributed by atoms with Crippen LogP contribution < -0.4 is 5.19 Å². The van der Waals surface area contributed by atoms with Crippen molar-refractivity contribution in [2.45, 2.75) is 19.8 Å². The lowest BCUT2D eigenvalue weighted by atomic mass is 10.0. The molecule has 0 heterocycles. The molecule has 0 unspecified atom stereocenters. The van der Waals surface area contributed by atoms with Crippen LogP contribution in [0.15, 0.2) is 24.3 Å². The van der Waals surface area contributed by atoms with Gasteiger partial charge in [-0.15, -0.1) is 30.6 Å². The molecule has 0 aliphatic carbocycles. The lowest BCUT2D eigenvalue weighted by molar-refractivity contribution is 0.873. The van der Waals surface area contributed by atoms with Crippen LogP contribution in [-0.2, 0) is 0 Å². The van der Waals surface area contributed by atoms with Crippen LogP contribution in [0.4, 0.5) is 0 Å². The average Bonchev–Trinajstić information content (AvgIpc) is 2.16. The predicted octanol–water partition coefficient (Wildman–Crippen LogP) is 5.45. The van der Waals surface area contributed by atoms with Crippen LogP contribution >= 0.6 is 76.5 Å². The van der Waals surface area contributed by atoms with Gasteiger partial charge in [-0.1, -0.05) is 84.0 Å². The van der Waals surface area contributed by atoms with E-state index >= 15 is 0 Å². The number of hydrogen-bond acceptors (Lipinski definition) is 0. The summed E-state index contributed by atoms with van der Waals surface area (Å²) >= 11 is 19.1. The van der Waals surface area contributed by atoms with Crippen LogP contribution in [0.3, 0.4) is 0 Å². The molecule has 7 heteroatoms. The third-order valence-corrected chi connectivity index (χ3v) is 65.1. The molecule has 16 heavy (non-hydrogen) atoms. The van der Waals surface area contributed by atoms with Gasteiger partial charge in [0.2, 0.25) is 0 Å². The molecular formula is C9H11Br5Si2. The van der Waals surface area contributed by atoms with E-state index in [2.05, 4.69) is 115 Å². The van der Waals surface area contributed by atoms with E-state index in [1.54, 1.807) is 0 Å². The fourth-order valence-corrected chi connectivity index (χ4v) is 12.3. The van der Waals surface area contributed by atoms with Crippen molar-refractivity contribution in [3.63, 3.8) is 0 Å². The molecule has 0 atom stereocenters. The fraction of sp³-hybridized carbons (Fsp3) is 0.333. The molecule has 0 aromatic heterocycles. The van der Waals surface area contributed by atoms with Gasteiger partial charge in [0.1, 0.15) is 0 Å². The maximum Gasteiger partial charge on any atom is 0.283 e. The third-order valence-electron chi connectivity index (χ3n) is 2.28. The van der Waals surface area contributed by atoms with Crippen molar-refractivity contribution < 1.29 is 0 Å². The smallest absolute Gasteiger partial charge is 0.105 e. The standard InChI is InChI=1S/C9H11Br5Si2/c1-7(2)8-5-3-4-6-9(8)15(10,11)16(12,13)14/h3-7H,1-2H3. The minimum absolute atomic E-state index is 0.530. The van der Waals surface area contributed by atoms with Crippen molar-refractivity contribution in [1.82, 2.24) is 0 Å². The molecule has 0 bridgehead atoms. The first-order valence-corrected chi connectivity index (χ1v) is 21.0. The zero-order valence-electron chi connectivity index (χ0n) is 8.78. The number of halogens is 5. The maximum absolute atomic E-state index is 3.91. The van der Waals surface area contributed by atoms with Gasteiger partial charge in [-0.25, -0.2) is 0 Å². The van der Waals surface area contributed by atoms with E-state index < -0.39 is 8.28 Å². The summed E-state index contributed by atoms with van der Waals surface area (Å²) in [5.41, 5.74) is 1.40. The van der Waals surface area contributed by atoms with Crippen LogP contribution in [0.2, 0.25) is 0 Å². The lowest BCUT2D eigenvalue weighted by Crippen LogP contribution is -2.52. The van der Waals surface area contributed by atoms with Gasteiger partial charge in [0.15, 0.2) is 0 Å². The summed E-state index contributed by atoms with van der Waals surface area (Å²) in [4.78, 5) is -1.87. The number of benzene rings is 1. The Balaban J connectivity index is 3.33. The van der Waals surface area contributed by atoms with Gasteiger partial charge in [-0.3, -0.25) is 0 Å². The molecule has 1 aromatic carbocycles. The van der Waals surface area contributed by atoms with Crippen LogP contribution in [-0.4, -0.2) is 8.28 Å². The van der Waals surface area contributed by atoms with Gasteiger partial charge >= 0.3 is 0 Å². The summed E-state index contributed by atoms with van der Waals surface area (Å²) < 4.78 is -1.79. The van der Waals surface area contributed by atoms with Gasteiger partial charge in [0, 0.05) is 0 Å². The van der Waals surface area contributed by atoms with Crippen molar-refractivity contribution in [3.05, 3.63) is 29.8 Å². The molecule has 0 spiro atoms. The Labute approximate surface area is 138 Å². The van der Waals surface area contributed by atoms with E-state index in [1.807, 2.05) is 0 Å². The first-order chi connectivity index (χ1) is 7.18. The molecule has 0 saturated carbocycles. The Morgan fingerprint density at radius 1 is 0.938 bits per heavy atom. The topological polar surface area (TPSA) is 0 Å². The Morgan fingerprint density at radius 3 is 1.88 bits per heavy atom. The molecule has 1 rings (SSSR count). The molecule has 0 aliphatic rings. The summed E-state index contributed by atoms with van der Waals surface area (Å²) in [5, 5.41) is 1.39. The molecule has 1 aromatic rings. The highest BCUT2D eigenvalue weighted by atomic mass is 80.0. The van der Waals surface area contributed by atoms with E-state index in [1.165, 1.54) is 10.8 Å². The molecular weight excluding hydrogens is 564 g/mol.